The van der Waals surface area contributed by atoms with Crippen molar-refractivity contribution >= 4 is 17.4 Å². The lowest BCUT2D eigenvalue weighted by atomic mass is 10.3. The molecule has 0 saturated heterocycles. The second kappa shape index (κ2) is 8.53. The molecule has 0 saturated carbocycles. The number of hydrogen-bond donors (Lipinski definition) is 2. The van der Waals surface area contributed by atoms with Gasteiger partial charge in [-0.3, -0.25) is 4.79 Å². The summed E-state index contributed by atoms with van der Waals surface area (Å²) in [4.78, 5) is 12.1. The van der Waals surface area contributed by atoms with Crippen molar-refractivity contribution in [1.29, 1.82) is 0 Å². The molecule has 8 nitrogen and oxygen atoms in total. The highest BCUT2D eigenvalue weighted by atomic mass is 16.1. The maximum absolute atomic E-state index is 12.1. The van der Waals surface area contributed by atoms with E-state index in [9.17, 15) is 4.79 Å². The van der Waals surface area contributed by atoms with Crippen molar-refractivity contribution in [3.63, 3.8) is 0 Å². The molecule has 2 aromatic heterocycles. The molecule has 128 valence electrons. The molecule has 1 aromatic carbocycles. The molecule has 0 radical (unpaired) electrons. The summed E-state index contributed by atoms with van der Waals surface area (Å²) in [6, 6.07) is 12.7. The van der Waals surface area contributed by atoms with Gasteiger partial charge in [-0.25, -0.2) is 0 Å². The van der Waals surface area contributed by atoms with Gasteiger partial charge in [0.15, 0.2) is 5.69 Å². The summed E-state index contributed by atoms with van der Waals surface area (Å²) in [6.07, 6.45) is 5.41. The van der Waals surface area contributed by atoms with Crippen molar-refractivity contribution in [2.75, 3.05) is 17.2 Å². The number of carbonyl (C=O) groups excluding carboxylic acids is 1. The average Bonchev–Trinajstić information content (AvgIpc) is 3.16. The Morgan fingerprint density at radius 3 is 2.48 bits per heavy atom. The van der Waals surface area contributed by atoms with E-state index in [1.54, 1.807) is 24.8 Å². The zero-order valence-corrected chi connectivity index (χ0v) is 13.7. The lowest BCUT2D eigenvalue weighted by molar-refractivity contribution is 0.102. The number of nitrogens with zero attached hydrogens (tertiary/aromatic N) is 5. The number of rotatable bonds is 8. The Bertz CT molecular complexity index is 773. The van der Waals surface area contributed by atoms with Gasteiger partial charge in [0.25, 0.3) is 5.91 Å². The fourth-order valence-corrected chi connectivity index (χ4v) is 2.24. The third-order valence-electron chi connectivity index (χ3n) is 3.54. The Morgan fingerprint density at radius 1 is 0.960 bits per heavy atom. The molecule has 0 aliphatic carbocycles. The first-order valence-electron chi connectivity index (χ1n) is 8.08. The standard InChI is InChI=1S/C17H19N7O/c25-17(21-14-6-2-1-3-7-14)15-8-9-16(23-22-15)18-10-4-5-11-24-12-19-20-13-24/h1-3,6-9,12-13H,4-5,10-11H2,(H,18,23)(H,21,25). The Hall–Kier alpha value is -3.29. The van der Waals surface area contributed by atoms with Crippen LogP contribution in [0.5, 0.6) is 0 Å². The molecular weight excluding hydrogens is 318 g/mol. The number of carbonyl (C=O) groups is 1. The van der Waals surface area contributed by atoms with Crippen molar-refractivity contribution < 1.29 is 4.79 Å². The molecule has 0 bridgehead atoms. The lowest BCUT2D eigenvalue weighted by Crippen LogP contribution is -2.15. The van der Waals surface area contributed by atoms with Crippen molar-refractivity contribution in [2.24, 2.45) is 0 Å². The second-order valence-electron chi connectivity index (χ2n) is 5.46. The molecule has 0 aliphatic rings. The number of aryl methyl sites for hydroxylation is 1. The van der Waals surface area contributed by atoms with Crippen molar-refractivity contribution in [2.45, 2.75) is 19.4 Å². The number of amides is 1. The van der Waals surface area contributed by atoms with Crippen LogP contribution in [0.1, 0.15) is 23.3 Å². The van der Waals surface area contributed by atoms with Crippen LogP contribution in [0, 0.1) is 0 Å². The first-order chi connectivity index (χ1) is 12.3. The van der Waals surface area contributed by atoms with Gasteiger partial charge in [0.05, 0.1) is 0 Å². The molecule has 8 heteroatoms. The first kappa shape index (κ1) is 16.6. The second-order valence-corrected chi connectivity index (χ2v) is 5.46. The highest BCUT2D eigenvalue weighted by molar-refractivity contribution is 6.02. The molecule has 3 aromatic rings. The van der Waals surface area contributed by atoms with Crippen LogP contribution in [0.2, 0.25) is 0 Å². The third kappa shape index (κ3) is 5.10. The largest absolute Gasteiger partial charge is 0.369 e. The van der Waals surface area contributed by atoms with Gasteiger partial charge in [0.1, 0.15) is 18.5 Å². The third-order valence-corrected chi connectivity index (χ3v) is 3.54. The number of nitrogens with one attached hydrogen (secondary N) is 2. The van der Waals surface area contributed by atoms with Crippen LogP contribution in [0.3, 0.4) is 0 Å². The Labute approximate surface area is 145 Å². The normalized spacial score (nSPS) is 10.4. The summed E-state index contributed by atoms with van der Waals surface area (Å²) in [5.74, 6) is 0.375. The highest BCUT2D eigenvalue weighted by Gasteiger charge is 2.08. The van der Waals surface area contributed by atoms with Crippen LogP contribution in [-0.2, 0) is 6.54 Å². The van der Waals surface area contributed by atoms with Gasteiger partial charge < -0.3 is 15.2 Å². The molecule has 0 spiro atoms. The maximum atomic E-state index is 12.1. The summed E-state index contributed by atoms with van der Waals surface area (Å²) < 4.78 is 1.94. The number of benzene rings is 1. The van der Waals surface area contributed by atoms with E-state index in [2.05, 4.69) is 31.0 Å². The number of aromatic nitrogens is 5. The van der Waals surface area contributed by atoms with E-state index in [-0.39, 0.29) is 11.6 Å². The summed E-state index contributed by atoms with van der Waals surface area (Å²) in [6.45, 7) is 1.67. The molecule has 2 heterocycles. The molecule has 3 rings (SSSR count). The minimum Gasteiger partial charge on any atom is -0.369 e. The maximum Gasteiger partial charge on any atom is 0.276 e. The van der Waals surface area contributed by atoms with Crippen LogP contribution in [-0.4, -0.2) is 37.4 Å². The van der Waals surface area contributed by atoms with Gasteiger partial charge in [-0.15, -0.1) is 20.4 Å². The lowest BCUT2D eigenvalue weighted by Gasteiger charge is -2.06. The molecule has 0 unspecified atom stereocenters. The highest BCUT2D eigenvalue weighted by Crippen LogP contribution is 2.08. The monoisotopic (exact) mass is 337 g/mol. The molecule has 2 N–H and O–H groups in total. The van der Waals surface area contributed by atoms with Crippen molar-refractivity contribution in [1.82, 2.24) is 25.0 Å². The molecule has 0 aliphatic heterocycles. The van der Waals surface area contributed by atoms with Crippen molar-refractivity contribution in [3.8, 4) is 0 Å². The van der Waals surface area contributed by atoms with E-state index in [1.807, 2.05) is 34.9 Å². The van der Waals surface area contributed by atoms with Gasteiger partial charge in [0, 0.05) is 18.8 Å². The molecule has 0 atom stereocenters. The van der Waals surface area contributed by atoms with E-state index >= 15 is 0 Å². The Morgan fingerprint density at radius 2 is 1.76 bits per heavy atom. The van der Waals surface area contributed by atoms with Crippen LogP contribution in [0.4, 0.5) is 11.5 Å². The SMILES string of the molecule is O=C(Nc1ccccc1)c1ccc(NCCCCn2cnnc2)nn1. The number of hydrogen-bond acceptors (Lipinski definition) is 6. The van der Waals surface area contributed by atoms with Crippen LogP contribution < -0.4 is 10.6 Å². The Balaban J connectivity index is 1.41. The van der Waals surface area contributed by atoms with E-state index in [4.69, 9.17) is 0 Å². The topological polar surface area (TPSA) is 97.6 Å². The van der Waals surface area contributed by atoms with Gasteiger partial charge in [-0.1, -0.05) is 18.2 Å². The summed E-state index contributed by atoms with van der Waals surface area (Å²) in [5, 5.41) is 21.5. The molecule has 25 heavy (non-hydrogen) atoms. The number of unbranched alkanes of at least 4 members (excludes halogenated alkanes) is 1. The minimum absolute atomic E-state index is 0.279. The fourth-order valence-electron chi connectivity index (χ4n) is 2.24. The van der Waals surface area contributed by atoms with E-state index < -0.39 is 0 Å². The van der Waals surface area contributed by atoms with Gasteiger partial charge in [-0.05, 0) is 37.1 Å². The predicted octanol–water partition coefficient (Wildman–Crippen LogP) is 2.21. The zero-order chi connectivity index (χ0) is 17.3. The van der Waals surface area contributed by atoms with Crippen molar-refractivity contribution in [3.05, 3.63) is 60.8 Å². The molecule has 1 amide bonds. The number of anilines is 2. The van der Waals surface area contributed by atoms with E-state index in [0.29, 0.717) is 5.82 Å². The van der Waals surface area contributed by atoms with E-state index in [0.717, 1.165) is 31.6 Å². The molecular formula is C17H19N7O. The van der Waals surface area contributed by atoms with Gasteiger partial charge >= 0.3 is 0 Å². The summed E-state index contributed by atoms with van der Waals surface area (Å²) >= 11 is 0. The van der Waals surface area contributed by atoms with Crippen LogP contribution >= 0.6 is 0 Å². The van der Waals surface area contributed by atoms with Gasteiger partial charge in [0.2, 0.25) is 0 Å². The average molecular weight is 337 g/mol. The fraction of sp³-hybridized carbons (Fsp3) is 0.235. The Kier molecular flexibility index (Phi) is 5.65. The van der Waals surface area contributed by atoms with Crippen LogP contribution in [0.15, 0.2) is 55.1 Å². The quantitative estimate of drug-likeness (QED) is 0.612. The number of para-hydroxylation sites is 1. The molecule has 0 fully saturated rings. The predicted molar refractivity (Wildman–Crippen MR) is 94.2 cm³/mol. The van der Waals surface area contributed by atoms with Gasteiger partial charge in [-0.2, -0.15) is 0 Å². The summed E-state index contributed by atoms with van der Waals surface area (Å²) in [5.41, 5.74) is 1.01. The smallest absolute Gasteiger partial charge is 0.276 e. The first-order valence-corrected chi connectivity index (χ1v) is 8.08. The van der Waals surface area contributed by atoms with Crippen LogP contribution in [0.25, 0.3) is 0 Å². The summed E-state index contributed by atoms with van der Waals surface area (Å²) in [7, 11) is 0. The minimum atomic E-state index is -0.279. The zero-order valence-electron chi connectivity index (χ0n) is 13.7. The van der Waals surface area contributed by atoms with E-state index in [1.165, 1.54) is 0 Å².